The average Bonchev–Trinajstić information content (AvgIpc) is 1.98. The Morgan fingerprint density at radius 1 is 1.50 bits per heavy atom. The molecule has 0 aliphatic heterocycles. The van der Waals surface area contributed by atoms with Gasteiger partial charge in [0, 0.05) is 6.04 Å². The molecular formula is C7H11ClN4. The first-order valence-electron chi connectivity index (χ1n) is 3.63. The molecule has 12 heavy (non-hydrogen) atoms. The average molecular weight is 187 g/mol. The third-order valence-corrected chi connectivity index (χ3v) is 1.56. The lowest BCUT2D eigenvalue weighted by Crippen LogP contribution is -2.13. The van der Waals surface area contributed by atoms with E-state index >= 15 is 0 Å². The smallest absolute Gasteiger partial charge is 0.157 e. The molecule has 1 heterocycles. The Hall–Kier alpha value is -1.03. The zero-order valence-electron chi connectivity index (χ0n) is 7.00. The Labute approximate surface area is 76.2 Å². The van der Waals surface area contributed by atoms with Crippen LogP contribution in [-0.4, -0.2) is 16.0 Å². The summed E-state index contributed by atoms with van der Waals surface area (Å²) < 4.78 is 0. The van der Waals surface area contributed by atoms with Gasteiger partial charge in [-0.3, -0.25) is 0 Å². The van der Waals surface area contributed by atoms with Gasteiger partial charge >= 0.3 is 0 Å². The Morgan fingerprint density at radius 3 is 2.75 bits per heavy atom. The fourth-order valence-electron chi connectivity index (χ4n) is 0.763. The van der Waals surface area contributed by atoms with Crippen LogP contribution >= 0.6 is 11.6 Å². The van der Waals surface area contributed by atoms with E-state index in [1.54, 1.807) is 0 Å². The number of hydrogen-bond donors (Lipinski definition) is 2. The van der Waals surface area contributed by atoms with Crippen LogP contribution in [-0.2, 0) is 0 Å². The number of nitrogen functional groups attached to an aromatic ring is 1. The second-order valence-electron chi connectivity index (χ2n) is 2.73. The number of nitrogens with zero attached hydrogens (tertiary/aromatic N) is 2. The van der Waals surface area contributed by atoms with E-state index in [1.807, 2.05) is 13.8 Å². The molecule has 66 valence electrons. The van der Waals surface area contributed by atoms with Crippen LogP contribution in [0.15, 0.2) is 6.33 Å². The lowest BCUT2D eigenvalue weighted by atomic mass is 10.4. The van der Waals surface area contributed by atoms with Crippen LogP contribution in [0.2, 0.25) is 5.15 Å². The largest absolute Gasteiger partial charge is 0.393 e. The summed E-state index contributed by atoms with van der Waals surface area (Å²) >= 11 is 5.68. The minimum absolute atomic E-state index is 0.276. The van der Waals surface area contributed by atoms with Crippen molar-refractivity contribution in [1.29, 1.82) is 0 Å². The number of nitrogens with one attached hydrogen (secondary N) is 1. The third-order valence-electron chi connectivity index (χ3n) is 1.26. The summed E-state index contributed by atoms with van der Waals surface area (Å²) in [5, 5.41) is 3.34. The number of aromatic nitrogens is 2. The molecule has 0 unspecified atom stereocenters. The third kappa shape index (κ3) is 1.98. The minimum Gasteiger partial charge on any atom is -0.393 e. The summed E-state index contributed by atoms with van der Waals surface area (Å²) in [6.07, 6.45) is 1.38. The van der Waals surface area contributed by atoms with E-state index in [-0.39, 0.29) is 11.2 Å². The molecule has 0 radical (unpaired) electrons. The van der Waals surface area contributed by atoms with Gasteiger partial charge in [-0.1, -0.05) is 11.6 Å². The number of rotatable bonds is 2. The van der Waals surface area contributed by atoms with Gasteiger partial charge in [0.25, 0.3) is 0 Å². The van der Waals surface area contributed by atoms with Gasteiger partial charge in [-0.15, -0.1) is 0 Å². The highest BCUT2D eigenvalue weighted by Crippen LogP contribution is 2.22. The molecule has 0 bridgehead atoms. The van der Waals surface area contributed by atoms with Crippen LogP contribution in [0.25, 0.3) is 0 Å². The van der Waals surface area contributed by atoms with E-state index < -0.39 is 0 Å². The normalized spacial score (nSPS) is 10.3. The van der Waals surface area contributed by atoms with Crippen LogP contribution < -0.4 is 11.1 Å². The molecule has 0 amide bonds. The lowest BCUT2D eigenvalue weighted by molar-refractivity contribution is 0.887. The molecule has 0 atom stereocenters. The zero-order chi connectivity index (χ0) is 9.14. The molecule has 4 nitrogen and oxygen atoms in total. The number of anilines is 2. The SMILES string of the molecule is CC(C)Nc1ncnc(Cl)c1N. The quantitative estimate of drug-likeness (QED) is 0.688. The van der Waals surface area contributed by atoms with Crippen molar-refractivity contribution in [1.82, 2.24) is 9.97 Å². The van der Waals surface area contributed by atoms with Gasteiger partial charge in [-0.25, -0.2) is 9.97 Å². The zero-order valence-corrected chi connectivity index (χ0v) is 7.76. The lowest BCUT2D eigenvalue weighted by Gasteiger charge is -2.10. The molecular weight excluding hydrogens is 176 g/mol. The molecule has 0 saturated carbocycles. The van der Waals surface area contributed by atoms with Gasteiger partial charge in [0.2, 0.25) is 0 Å². The molecule has 1 rings (SSSR count). The summed E-state index contributed by atoms with van der Waals surface area (Å²) in [6.45, 7) is 3.99. The molecule has 5 heteroatoms. The summed E-state index contributed by atoms with van der Waals surface area (Å²) in [5.74, 6) is 0.588. The summed E-state index contributed by atoms with van der Waals surface area (Å²) in [7, 11) is 0. The molecule has 1 aromatic rings. The number of halogens is 1. The van der Waals surface area contributed by atoms with Crippen molar-refractivity contribution in [3.8, 4) is 0 Å². The van der Waals surface area contributed by atoms with Gasteiger partial charge in [0.05, 0.1) is 0 Å². The summed E-state index contributed by atoms with van der Waals surface area (Å²) in [5.41, 5.74) is 6.01. The monoisotopic (exact) mass is 186 g/mol. The molecule has 0 aliphatic rings. The predicted octanol–water partition coefficient (Wildman–Crippen LogP) is 1.53. The first-order valence-corrected chi connectivity index (χ1v) is 4.01. The number of nitrogens with two attached hydrogens (primary N) is 1. The highest BCUT2D eigenvalue weighted by molar-refractivity contribution is 6.32. The predicted molar refractivity (Wildman–Crippen MR) is 50.2 cm³/mol. The van der Waals surface area contributed by atoms with E-state index in [1.165, 1.54) is 6.33 Å². The van der Waals surface area contributed by atoms with Crippen LogP contribution in [0.5, 0.6) is 0 Å². The Balaban J connectivity index is 2.92. The minimum atomic E-state index is 0.276. The molecule has 0 saturated heterocycles. The molecule has 3 N–H and O–H groups in total. The molecule has 0 fully saturated rings. The first kappa shape index (κ1) is 9.06. The van der Waals surface area contributed by atoms with Gasteiger partial charge < -0.3 is 11.1 Å². The van der Waals surface area contributed by atoms with Gasteiger partial charge in [-0.2, -0.15) is 0 Å². The Bertz CT molecular complexity index is 274. The first-order chi connectivity index (χ1) is 5.61. The molecule has 0 spiro atoms. The maximum atomic E-state index is 5.68. The number of hydrogen-bond acceptors (Lipinski definition) is 4. The fraction of sp³-hybridized carbons (Fsp3) is 0.429. The molecule has 0 aromatic carbocycles. The van der Waals surface area contributed by atoms with Crippen molar-refractivity contribution >= 4 is 23.1 Å². The second-order valence-corrected chi connectivity index (χ2v) is 3.08. The van der Waals surface area contributed by atoms with Crippen molar-refractivity contribution in [3.05, 3.63) is 11.5 Å². The Morgan fingerprint density at radius 2 is 2.17 bits per heavy atom. The van der Waals surface area contributed by atoms with E-state index in [0.29, 0.717) is 11.5 Å². The highest BCUT2D eigenvalue weighted by Gasteiger charge is 2.05. The van der Waals surface area contributed by atoms with E-state index in [2.05, 4.69) is 15.3 Å². The van der Waals surface area contributed by atoms with E-state index in [0.717, 1.165) is 0 Å². The van der Waals surface area contributed by atoms with Crippen molar-refractivity contribution in [3.63, 3.8) is 0 Å². The van der Waals surface area contributed by atoms with Crippen LogP contribution in [0.3, 0.4) is 0 Å². The fourth-order valence-corrected chi connectivity index (χ4v) is 0.896. The van der Waals surface area contributed by atoms with Crippen molar-refractivity contribution in [2.45, 2.75) is 19.9 Å². The van der Waals surface area contributed by atoms with Crippen molar-refractivity contribution in [2.75, 3.05) is 11.1 Å². The van der Waals surface area contributed by atoms with Crippen LogP contribution in [0.4, 0.5) is 11.5 Å². The standard InChI is InChI=1S/C7H11ClN4/c1-4(2)12-7-5(9)6(8)10-3-11-7/h3-4H,9H2,1-2H3,(H,10,11,12). The topological polar surface area (TPSA) is 63.8 Å². The van der Waals surface area contributed by atoms with Gasteiger partial charge in [-0.05, 0) is 13.8 Å². The summed E-state index contributed by atoms with van der Waals surface area (Å²) in [6, 6.07) is 0.276. The van der Waals surface area contributed by atoms with Crippen LogP contribution in [0.1, 0.15) is 13.8 Å². The maximum absolute atomic E-state index is 5.68. The van der Waals surface area contributed by atoms with Crippen LogP contribution in [0, 0.1) is 0 Å². The molecule has 1 aromatic heterocycles. The van der Waals surface area contributed by atoms with E-state index in [9.17, 15) is 0 Å². The van der Waals surface area contributed by atoms with Crippen molar-refractivity contribution in [2.24, 2.45) is 0 Å². The second kappa shape index (κ2) is 3.58. The summed E-state index contributed by atoms with van der Waals surface area (Å²) in [4.78, 5) is 7.68. The highest BCUT2D eigenvalue weighted by atomic mass is 35.5. The van der Waals surface area contributed by atoms with E-state index in [4.69, 9.17) is 17.3 Å². The Kier molecular flexibility index (Phi) is 2.70. The van der Waals surface area contributed by atoms with Crippen molar-refractivity contribution < 1.29 is 0 Å². The molecule has 0 aliphatic carbocycles. The van der Waals surface area contributed by atoms with Gasteiger partial charge in [0.1, 0.15) is 12.0 Å². The maximum Gasteiger partial charge on any atom is 0.157 e. The van der Waals surface area contributed by atoms with Gasteiger partial charge in [0.15, 0.2) is 11.0 Å².